The van der Waals surface area contributed by atoms with Gasteiger partial charge in [-0.25, -0.2) is 0 Å². The summed E-state index contributed by atoms with van der Waals surface area (Å²) in [6.45, 7) is 2.18. The number of ketones is 1. The number of esters is 1. The van der Waals surface area contributed by atoms with Crippen molar-refractivity contribution in [3.8, 4) is 0 Å². The summed E-state index contributed by atoms with van der Waals surface area (Å²) in [5.41, 5.74) is -0.317. The third-order valence-corrected chi connectivity index (χ3v) is 8.36. The Bertz CT molecular complexity index is 656. The number of hydrogen-bond acceptors (Lipinski definition) is 6. The van der Waals surface area contributed by atoms with Gasteiger partial charge in [-0.05, 0) is 43.9 Å². The number of hydrogen-bond donors (Lipinski definition) is 0. The predicted molar refractivity (Wildman–Crippen MR) is 85.4 cm³/mol. The third-order valence-electron chi connectivity index (χ3n) is 8.36. The maximum Gasteiger partial charge on any atom is 0.309 e. The van der Waals surface area contributed by atoms with Gasteiger partial charge in [0.05, 0.1) is 24.7 Å². The quantitative estimate of drug-likeness (QED) is 0.568. The molecule has 8 unspecified atom stereocenters. The smallest absolute Gasteiger partial charge is 0.309 e. The predicted octanol–water partition coefficient (Wildman–Crippen LogP) is 1.56. The van der Waals surface area contributed by atoms with Gasteiger partial charge in [-0.1, -0.05) is 0 Å². The molecular formula is C19H26O6. The van der Waals surface area contributed by atoms with Crippen molar-refractivity contribution < 1.29 is 28.5 Å². The molecule has 0 N–H and O–H groups in total. The Kier molecular flexibility index (Phi) is 3.01. The van der Waals surface area contributed by atoms with E-state index in [2.05, 4.69) is 6.92 Å². The normalized spacial score (nSPS) is 54.0. The molecule has 2 saturated heterocycles. The molecule has 6 bridgehead atoms. The standard InChI is InChI=1S/C19H26O6/c1-17-8-18-7-9(17)5-12(25-17)14(18)11-6-10(16(21)22-2)13(18)15(20)19(11,23-3)24-4/h9-14H,5-8H2,1-4H3. The molecule has 138 valence electrons. The van der Waals surface area contributed by atoms with Crippen molar-refractivity contribution in [2.45, 2.75) is 50.1 Å². The number of carbonyl (C=O) groups is 2. The average Bonchev–Trinajstić information content (AvgIpc) is 2.96. The minimum atomic E-state index is -1.25. The fourth-order valence-electron chi connectivity index (χ4n) is 7.80. The van der Waals surface area contributed by atoms with Crippen LogP contribution in [0.15, 0.2) is 0 Å². The molecule has 0 aromatic carbocycles. The molecule has 2 aliphatic heterocycles. The van der Waals surface area contributed by atoms with Crippen LogP contribution in [0.25, 0.3) is 0 Å². The minimum Gasteiger partial charge on any atom is -0.469 e. The maximum absolute atomic E-state index is 13.6. The summed E-state index contributed by atoms with van der Waals surface area (Å²) in [7, 11) is 4.48. The SMILES string of the molecule is COC(=O)C1CC2C3C4CC5CC3(CC5(C)O4)C1C(=O)C2(OC)OC. The average molecular weight is 350 g/mol. The van der Waals surface area contributed by atoms with Crippen LogP contribution in [-0.4, -0.2) is 50.6 Å². The highest BCUT2D eigenvalue weighted by Crippen LogP contribution is 2.76. The van der Waals surface area contributed by atoms with Crippen molar-refractivity contribution in [2.24, 2.45) is 35.0 Å². The number of carbonyl (C=O) groups excluding carboxylic acids is 2. The fraction of sp³-hybridized carbons (Fsp3) is 0.895. The Hall–Kier alpha value is -0.980. The fourth-order valence-corrected chi connectivity index (χ4v) is 7.80. The van der Waals surface area contributed by atoms with Gasteiger partial charge in [-0.15, -0.1) is 0 Å². The maximum atomic E-state index is 13.6. The molecule has 8 atom stereocenters. The molecule has 6 heteroatoms. The summed E-state index contributed by atoms with van der Waals surface area (Å²) >= 11 is 0. The van der Waals surface area contributed by atoms with Gasteiger partial charge in [0.15, 0.2) is 5.78 Å². The first kappa shape index (κ1) is 16.2. The number of rotatable bonds is 3. The topological polar surface area (TPSA) is 71.1 Å². The Balaban J connectivity index is 1.68. The number of ether oxygens (including phenoxy) is 4. The van der Waals surface area contributed by atoms with Crippen molar-refractivity contribution in [3.63, 3.8) is 0 Å². The molecule has 0 radical (unpaired) electrons. The zero-order chi connectivity index (χ0) is 17.8. The second-order valence-corrected chi connectivity index (χ2v) is 8.93. The highest BCUT2D eigenvalue weighted by molar-refractivity contribution is 5.95. The van der Waals surface area contributed by atoms with Crippen LogP contribution >= 0.6 is 0 Å². The molecule has 5 saturated carbocycles. The number of methoxy groups -OCH3 is 3. The van der Waals surface area contributed by atoms with Crippen molar-refractivity contribution in [1.82, 2.24) is 0 Å². The third kappa shape index (κ3) is 1.55. The monoisotopic (exact) mass is 350 g/mol. The largest absolute Gasteiger partial charge is 0.469 e. The second-order valence-electron chi connectivity index (χ2n) is 8.93. The summed E-state index contributed by atoms with van der Waals surface area (Å²) in [5.74, 6) is -1.85. The van der Waals surface area contributed by atoms with Gasteiger partial charge in [0.2, 0.25) is 5.79 Å². The van der Waals surface area contributed by atoms with Crippen LogP contribution in [0.1, 0.15) is 32.6 Å². The van der Waals surface area contributed by atoms with E-state index in [-0.39, 0.29) is 40.7 Å². The Morgan fingerprint density at radius 2 is 1.92 bits per heavy atom. The van der Waals surface area contributed by atoms with E-state index in [1.54, 1.807) is 0 Å². The lowest BCUT2D eigenvalue weighted by Crippen LogP contribution is -2.74. The molecule has 7 fully saturated rings. The van der Waals surface area contributed by atoms with E-state index in [0.29, 0.717) is 12.3 Å². The summed E-state index contributed by atoms with van der Waals surface area (Å²) in [6.07, 6.45) is 3.58. The van der Waals surface area contributed by atoms with Gasteiger partial charge < -0.3 is 18.9 Å². The molecule has 0 amide bonds. The molecule has 2 heterocycles. The zero-order valence-electron chi connectivity index (χ0n) is 15.2. The molecular weight excluding hydrogens is 324 g/mol. The molecule has 0 aromatic rings. The van der Waals surface area contributed by atoms with E-state index in [4.69, 9.17) is 18.9 Å². The summed E-state index contributed by atoms with van der Waals surface area (Å²) in [4.78, 5) is 26.1. The van der Waals surface area contributed by atoms with E-state index in [9.17, 15) is 9.59 Å². The van der Waals surface area contributed by atoms with Crippen LogP contribution in [0.4, 0.5) is 0 Å². The Labute approximate surface area is 147 Å². The van der Waals surface area contributed by atoms with Gasteiger partial charge >= 0.3 is 5.97 Å². The lowest BCUT2D eigenvalue weighted by molar-refractivity contribution is -0.314. The van der Waals surface area contributed by atoms with Gasteiger partial charge in [-0.2, -0.15) is 0 Å². The second kappa shape index (κ2) is 4.65. The summed E-state index contributed by atoms with van der Waals surface area (Å²) in [6, 6.07) is 0. The lowest BCUT2D eigenvalue weighted by atomic mass is 9.41. The van der Waals surface area contributed by atoms with Crippen LogP contribution in [0.3, 0.4) is 0 Å². The first-order valence-electron chi connectivity index (χ1n) is 9.27. The first-order valence-corrected chi connectivity index (χ1v) is 9.27. The van der Waals surface area contributed by atoms with Gasteiger partial charge in [0.1, 0.15) is 0 Å². The van der Waals surface area contributed by atoms with Crippen LogP contribution in [0.5, 0.6) is 0 Å². The molecule has 5 aliphatic carbocycles. The van der Waals surface area contributed by atoms with Crippen LogP contribution in [-0.2, 0) is 28.5 Å². The number of Topliss-reactive ketones (excluding diaryl/α,β-unsaturated/α-hetero) is 1. The van der Waals surface area contributed by atoms with Gasteiger partial charge in [-0.3, -0.25) is 9.59 Å². The minimum absolute atomic E-state index is 0.0639. The molecule has 1 spiro atoms. The molecule has 0 aromatic heterocycles. The molecule has 6 nitrogen and oxygen atoms in total. The highest BCUT2D eigenvalue weighted by atomic mass is 16.7. The van der Waals surface area contributed by atoms with E-state index in [0.717, 1.165) is 19.3 Å². The Morgan fingerprint density at radius 3 is 2.52 bits per heavy atom. The Morgan fingerprint density at radius 1 is 1.20 bits per heavy atom. The van der Waals surface area contributed by atoms with E-state index < -0.39 is 17.6 Å². The van der Waals surface area contributed by atoms with Crippen molar-refractivity contribution in [3.05, 3.63) is 0 Å². The molecule has 7 aliphatic rings. The van der Waals surface area contributed by atoms with E-state index in [1.165, 1.54) is 21.3 Å². The summed E-state index contributed by atoms with van der Waals surface area (Å²) < 4.78 is 22.9. The summed E-state index contributed by atoms with van der Waals surface area (Å²) in [5, 5.41) is 0. The van der Waals surface area contributed by atoms with Gasteiger partial charge in [0.25, 0.3) is 0 Å². The van der Waals surface area contributed by atoms with E-state index >= 15 is 0 Å². The van der Waals surface area contributed by atoms with Crippen molar-refractivity contribution in [1.29, 1.82) is 0 Å². The van der Waals surface area contributed by atoms with Crippen molar-refractivity contribution in [2.75, 3.05) is 21.3 Å². The van der Waals surface area contributed by atoms with E-state index in [1.807, 2.05) is 0 Å². The molecule has 25 heavy (non-hydrogen) atoms. The van der Waals surface area contributed by atoms with Gasteiger partial charge in [0, 0.05) is 32.0 Å². The van der Waals surface area contributed by atoms with Crippen LogP contribution in [0.2, 0.25) is 0 Å². The highest BCUT2D eigenvalue weighted by Gasteiger charge is 2.81. The van der Waals surface area contributed by atoms with Crippen LogP contribution in [0, 0.1) is 35.0 Å². The van der Waals surface area contributed by atoms with Crippen molar-refractivity contribution >= 4 is 11.8 Å². The van der Waals surface area contributed by atoms with Crippen LogP contribution < -0.4 is 0 Å². The zero-order valence-corrected chi connectivity index (χ0v) is 15.2. The first-order chi connectivity index (χ1) is 11.9. The number of fused-ring (bicyclic) bond motifs is 2. The lowest BCUT2D eigenvalue weighted by Gasteiger charge is -2.66. The molecule has 7 rings (SSSR count).